The van der Waals surface area contributed by atoms with Crippen LogP contribution >= 0.6 is 0 Å². The van der Waals surface area contributed by atoms with Gasteiger partial charge in [-0.15, -0.1) is 0 Å². The van der Waals surface area contributed by atoms with Crippen LogP contribution in [0.15, 0.2) is 24.3 Å². The van der Waals surface area contributed by atoms with Crippen LogP contribution in [0.3, 0.4) is 0 Å². The van der Waals surface area contributed by atoms with E-state index in [4.69, 9.17) is 13.9 Å². The molecule has 0 saturated carbocycles. The number of nitrogens with zero attached hydrogens (tertiary/aromatic N) is 2. The van der Waals surface area contributed by atoms with Crippen LogP contribution in [0.4, 0.5) is 0 Å². The van der Waals surface area contributed by atoms with E-state index >= 15 is 0 Å². The van der Waals surface area contributed by atoms with E-state index in [1.807, 2.05) is 24.3 Å². The molecule has 1 aromatic carbocycles. The number of rotatable bonds is 6. The van der Waals surface area contributed by atoms with Crippen molar-refractivity contribution in [2.45, 2.75) is 45.5 Å². The Morgan fingerprint density at radius 3 is 2.22 bits per heavy atom. The lowest BCUT2D eigenvalue weighted by molar-refractivity contribution is 0.0584. The van der Waals surface area contributed by atoms with Crippen LogP contribution in [0.2, 0.25) is 18.1 Å². The highest BCUT2D eigenvalue weighted by Gasteiger charge is 2.37. The Bertz CT molecular complexity index is 805. The average molecular weight is 391 g/mol. The smallest absolute Gasteiger partial charge is 0.360 e. The van der Waals surface area contributed by atoms with Crippen LogP contribution in [0, 0.1) is 0 Å². The van der Waals surface area contributed by atoms with Crippen LogP contribution in [-0.2, 0) is 22.8 Å². The SMILES string of the molecule is COC(=O)c1c(OC)c(-c2ccc(CO[Si](C)(C)C(C)(C)C)cc2)nn1C. The van der Waals surface area contributed by atoms with Crippen LogP contribution in [0.25, 0.3) is 11.3 Å². The third kappa shape index (κ3) is 4.41. The van der Waals surface area contributed by atoms with Gasteiger partial charge in [0.15, 0.2) is 19.8 Å². The van der Waals surface area contributed by atoms with Gasteiger partial charge in [0.2, 0.25) is 0 Å². The largest absolute Gasteiger partial charge is 0.492 e. The van der Waals surface area contributed by atoms with Gasteiger partial charge >= 0.3 is 5.97 Å². The van der Waals surface area contributed by atoms with E-state index in [9.17, 15) is 4.79 Å². The molecule has 2 aromatic rings. The first kappa shape index (κ1) is 21.2. The summed E-state index contributed by atoms with van der Waals surface area (Å²) < 4.78 is 18.0. The maximum atomic E-state index is 12.0. The van der Waals surface area contributed by atoms with Crippen LogP contribution in [0.1, 0.15) is 36.8 Å². The van der Waals surface area contributed by atoms with E-state index in [0.29, 0.717) is 23.7 Å². The number of aromatic nitrogens is 2. The second-order valence-corrected chi connectivity index (χ2v) is 12.9. The molecular formula is C20H30N2O4Si. The van der Waals surface area contributed by atoms with Gasteiger partial charge in [-0.3, -0.25) is 4.68 Å². The van der Waals surface area contributed by atoms with Gasteiger partial charge in [-0.2, -0.15) is 5.10 Å². The molecule has 0 spiro atoms. The quantitative estimate of drug-likeness (QED) is 0.540. The molecule has 2 rings (SSSR count). The third-order valence-corrected chi connectivity index (χ3v) is 9.70. The van der Waals surface area contributed by atoms with Gasteiger partial charge in [0, 0.05) is 12.6 Å². The molecular weight excluding hydrogens is 360 g/mol. The van der Waals surface area contributed by atoms with Crippen molar-refractivity contribution in [3.8, 4) is 17.0 Å². The van der Waals surface area contributed by atoms with Crippen molar-refractivity contribution < 1.29 is 18.7 Å². The van der Waals surface area contributed by atoms with Crippen molar-refractivity contribution in [2.24, 2.45) is 7.05 Å². The topological polar surface area (TPSA) is 62.6 Å². The molecule has 1 heterocycles. The van der Waals surface area contributed by atoms with Crippen molar-refractivity contribution in [3.05, 3.63) is 35.5 Å². The second kappa shape index (κ2) is 7.86. The van der Waals surface area contributed by atoms with Crippen molar-refractivity contribution >= 4 is 14.3 Å². The fourth-order valence-corrected chi connectivity index (χ4v) is 3.41. The molecule has 0 N–H and O–H groups in total. The maximum absolute atomic E-state index is 12.0. The third-order valence-electron chi connectivity index (χ3n) is 5.22. The van der Waals surface area contributed by atoms with Gasteiger partial charge < -0.3 is 13.9 Å². The summed E-state index contributed by atoms with van der Waals surface area (Å²) in [6.07, 6.45) is 0. The van der Waals surface area contributed by atoms with Gasteiger partial charge in [0.05, 0.1) is 20.8 Å². The van der Waals surface area contributed by atoms with Crippen LogP contribution < -0.4 is 4.74 Å². The Balaban J connectivity index is 2.25. The lowest BCUT2D eigenvalue weighted by Gasteiger charge is -2.36. The summed E-state index contributed by atoms with van der Waals surface area (Å²) in [4.78, 5) is 12.0. The van der Waals surface area contributed by atoms with Crippen LogP contribution in [0.5, 0.6) is 5.75 Å². The zero-order valence-electron chi connectivity index (χ0n) is 17.5. The zero-order chi connectivity index (χ0) is 20.4. The number of ether oxygens (including phenoxy) is 2. The van der Waals surface area contributed by atoms with E-state index in [2.05, 4.69) is 39.0 Å². The first-order valence-electron chi connectivity index (χ1n) is 8.94. The number of hydrogen-bond acceptors (Lipinski definition) is 5. The van der Waals surface area contributed by atoms with Crippen LogP contribution in [-0.4, -0.2) is 38.3 Å². The summed E-state index contributed by atoms with van der Waals surface area (Å²) in [6, 6.07) is 7.98. The highest BCUT2D eigenvalue weighted by atomic mass is 28.4. The standard InChI is InChI=1S/C20H30N2O4Si/c1-20(2,3)27(7,8)26-13-14-9-11-15(12-10-14)16-18(24-5)17(19(23)25-6)22(4)21-16/h9-12H,13H2,1-8H3. The number of esters is 1. The highest BCUT2D eigenvalue weighted by Crippen LogP contribution is 2.37. The van der Waals surface area contributed by atoms with E-state index < -0.39 is 14.3 Å². The number of methoxy groups -OCH3 is 2. The minimum Gasteiger partial charge on any atom is -0.492 e. The summed E-state index contributed by atoms with van der Waals surface area (Å²) in [7, 11) is 2.77. The predicted molar refractivity (Wildman–Crippen MR) is 109 cm³/mol. The molecule has 6 nitrogen and oxygen atoms in total. The molecule has 1 aromatic heterocycles. The Hall–Kier alpha value is -2.12. The molecule has 0 aliphatic heterocycles. The molecule has 0 radical (unpaired) electrons. The molecule has 0 amide bonds. The normalized spacial score (nSPS) is 12.1. The molecule has 0 unspecified atom stereocenters. The van der Waals surface area contributed by atoms with E-state index in [0.717, 1.165) is 11.1 Å². The van der Waals surface area contributed by atoms with Gasteiger partial charge in [0.1, 0.15) is 5.69 Å². The van der Waals surface area contributed by atoms with E-state index in [1.54, 1.807) is 7.05 Å². The van der Waals surface area contributed by atoms with Gasteiger partial charge in [-0.05, 0) is 23.7 Å². The monoisotopic (exact) mass is 390 g/mol. The molecule has 0 fully saturated rings. The molecule has 0 aliphatic carbocycles. The summed E-state index contributed by atoms with van der Waals surface area (Å²) in [5, 5.41) is 4.61. The fraction of sp³-hybridized carbons (Fsp3) is 0.500. The molecule has 27 heavy (non-hydrogen) atoms. The van der Waals surface area contributed by atoms with Crippen molar-refractivity contribution in [1.29, 1.82) is 0 Å². The van der Waals surface area contributed by atoms with Crippen molar-refractivity contribution in [2.75, 3.05) is 14.2 Å². The van der Waals surface area contributed by atoms with Gasteiger partial charge in [0.25, 0.3) is 0 Å². The van der Waals surface area contributed by atoms with Gasteiger partial charge in [-0.1, -0.05) is 45.0 Å². The Kier molecular flexibility index (Phi) is 6.16. The molecule has 0 atom stereocenters. The van der Waals surface area contributed by atoms with E-state index in [1.165, 1.54) is 18.9 Å². The van der Waals surface area contributed by atoms with E-state index in [-0.39, 0.29) is 5.04 Å². The maximum Gasteiger partial charge on any atom is 0.360 e. The molecule has 0 bridgehead atoms. The Labute approximate surface area is 162 Å². The summed E-state index contributed by atoms with van der Waals surface area (Å²) >= 11 is 0. The van der Waals surface area contributed by atoms with Gasteiger partial charge in [-0.25, -0.2) is 4.79 Å². The number of benzene rings is 1. The predicted octanol–water partition coefficient (Wildman–Crippen LogP) is 4.40. The number of hydrogen-bond donors (Lipinski definition) is 0. The summed E-state index contributed by atoms with van der Waals surface area (Å²) in [5.74, 6) is -0.0675. The molecule has 7 heteroatoms. The fourth-order valence-electron chi connectivity index (χ4n) is 2.45. The number of carbonyl (C=O) groups excluding carboxylic acids is 1. The zero-order valence-corrected chi connectivity index (χ0v) is 18.5. The molecule has 0 saturated heterocycles. The Morgan fingerprint density at radius 1 is 1.15 bits per heavy atom. The first-order chi connectivity index (χ1) is 12.5. The Morgan fingerprint density at radius 2 is 1.74 bits per heavy atom. The van der Waals surface area contributed by atoms with Crippen molar-refractivity contribution in [3.63, 3.8) is 0 Å². The molecule has 148 valence electrons. The lowest BCUT2D eigenvalue weighted by Crippen LogP contribution is -2.40. The molecule has 0 aliphatic rings. The lowest BCUT2D eigenvalue weighted by atomic mass is 10.1. The number of carbonyl (C=O) groups is 1. The summed E-state index contributed by atoms with van der Waals surface area (Å²) in [5.41, 5.74) is 2.87. The minimum absolute atomic E-state index is 0.179. The highest BCUT2D eigenvalue weighted by molar-refractivity contribution is 6.74. The minimum atomic E-state index is -1.79. The van der Waals surface area contributed by atoms with Crippen molar-refractivity contribution in [1.82, 2.24) is 9.78 Å². The second-order valence-electron chi connectivity index (χ2n) is 8.09. The average Bonchev–Trinajstić information content (AvgIpc) is 2.95. The first-order valence-corrected chi connectivity index (χ1v) is 11.8. The number of aryl methyl sites for hydroxylation is 1. The summed E-state index contributed by atoms with van der Waals surface area (Å²) in [6.45, 7) is 11.8.